The van der Waals surface area contributed by atoms with E-state index in [9.17, 15) is 9.18 Å². The number of para-hydroxylation sites is 1. The van der Waals surface area contributed by atoms with E-state index in [1.54, 1.807) is 29.9 Å². The lowest BCUT2D eigenvalue weighted by atomic mass is 9.98. The van der Waals surface area contributed by atoms with Crippen molar-refractivity contribution < 1.29 is 8.91 Å². The smallest absolute Gasteiger partial charge is 0.262 e. The maximum atomic E-state index is 13.6. The average Bonchev–Trinajstić information content (AvgIpc) is 3.49. The molecule has 0 N–H and O–H groups in total. The molecule has 1 aliphatic heterocycles. The van der Waals surface area contributed by atoms with Gasteiger partial charge in [-0.1, -0.05) is 29.4 Å². The highest BCUT2D eigenvalue weighted by Gasteiger charge is 2.27. The molecule has 0 aliphatic carbocycles. The summed E-state index contributed by atoms with van der Waals surface area (Å²) < 4.78 is 24.8. The molecular weight excluding hydrogens is 469 g/mol. The van der Waals surface area contributed by atoms with E-state index in [0.29, 0.717) is 46.4 Å². The van der Waals surface area contributed by atoms with Crippen molar-refractivity contribution in [1.82, 2.24) is 33.8 Å². The van der Waals surface area contributed by atoms with Crippen molar-refractivity contribution in [3.63, 3.8) is 0 Å². The summed E-state index contributed by atoms with van der Waals surface area (Å²) in [5.74, 6) is 1.14. The van der Waals surface area contributed by atoms with E-state index in [4.69, 9.17) is 16.7 Å². The molecule has 0 radical (unpaired) electrons. The first-order valence-electron chi connectivity index (χ1n) is 11.4. The topological polar surface area (TPSA) is 86.4 Å². The minimum absolute atomic E-state index is 0.0509. The van der Waals surface area contributed by atoms with Crippen molar-refractivity contribution in [2.45, 2.75) is 25.4 Å². The average molecular weight is 492 g/mol. The highest BCUT2D eigenvalue weighted by atomic mass is 32.1. The van der Waals surface area contributed by atoms with Crippen molar-refractivity contribution >= 4 is 28.9 Å². The number of rotatable bonds is 4. The number of likely N-dealkylation sites (tertiary alicyclic amines) is 1. The van der Waals surface area contributed by atoms with Crippen LogP contribution in [-0.4, -0.2) is 46.9 Å². The summed E-state index contributed by atoms with van der Waals surface area (Å²) in [6.07, 6.45) is 1.86. The predicted octanol–water partition coefficient (Wildman–Crippen LogP) is 3.74. The van der Waals surface area contributed by atoms with Gasteiger partial charge in [-0.15, -0.1) is 5.10 Å². The highest BCUT2D eigenvalue weighted by molar-refractivity contribution is 7.71. The molecule has 0 amide bonds. The van der Waals surface area contributed by atoms with Crippen molar-refractivity contribution in [1.29, 1.82) is 0 Å². The molecule has 0 spiro atoms. The number of hydrogen-bond acceptors (Lipinski definition) is 7. The monoisotopic (exact) mass is 491 g/mol. The number of fused-ring (bicyclic) bond motifs is 3. The summed E-state index contributed by atoms with van der Waals surface area (Å²) in [6, 6.07) is 13.6. The van der Waals surface area contributed by atoms with Gasteiger partial charge in [-0.05, 0) is 55.9 Å². The highest BCUT2D eigenvalue weighted by Crippen LogP contribution is 2.28. The minimum atomic E-state index is -0.341. The lowest BCUT2D eigenvalue weighted by molar-refractivity contribution is 0.143. The quantitative estimate of drug-likeness (QED) is 0.354. The van der Waals surface area contributed by atoms with Crippen LogP contribution >= 0.6 is 12.2 Å². The Morgan fingerprint density at radius 3 is 2.91 bits per heavy atom. The van der Waals surface area contributed by atoms with Crippen LogP contribution in [-0.2, 0) is 13.7 Å². The Bertz CT molecular complexity index is 1690. The number of benzene rings is 2. The van der Waals surface area contributed by atoms with Gasteiger partial charge in [0.25, 0.3) is 5.56 Å². The summed E-state index contributed by atoms with van der Waals surface area (Å²) in [5.41, 5.74) is 1.22. The molecule has 5 aromatic rings. The normalized spacial score (nSPS) is 16.9. The van der Waals surface area contributed by atoms with Gasteiger partial charge in [0.15, 0.2) is 0 Å². The summed E-state index contributed by atoms with van der Waals surface area (Å²) in [5, 5.41) is 9.34. The van der Waals surface area contributed by atoms with Gasteiger partial charge in [0.1, 0.15) is 5.82 Å². The number of aryl methyl sites for hydroxylation is 1. The number of nitrogens with zero attached hydrogens (tertiary/aromatic N) is 7. The third-order valence-corrected chi connectivity index (χ3v) is 6.91. The molecule has 1 unspecified atom stereocenters. The molecule has 35 heavy (non-hydrogen) atoms. The van der Waals surface area contributed by atoms with Crippen LogP contribution in [0.5, 0.6) is 0 Å². The Balaban J connectivity index is 1.28. The maximum absolute atomic E-state index is 13.6. The lowest BCUT2D eigenvalue weighted by Crippen LogP contribution is -2.36. The molecule has 178 valence electrons. The number of piperidine rings is 1. The van der Waals surface area contributed by atoms with Gasteiger partial charge in [0, 0.05) is 19.2 Å². The zero-order chi connectivity index (χ0) is 24.1. The molecule has 2 aromatic carbocycles. The second-order valence-electron chi connectivity index (χ2n) is 8.82. The second-order valence-corrected chi connectivity index (χ2v) is 9.19. The van der Waals surface area contributed by atoms with Gasteiger partial charge in [0.2, 0.25) is 22.3 Å². The number of aromatic nitrogens is 6. The Morgan fingerprint density at radius 1 is 1.20 bits per heavy atom. The Labute approximate surface area is 204 Å². The zero-order valence-corrected chi connectivity index (χ0v) is 19.8. The van der Waals surface area contributed by atoms with Gasteiger partial charge >= 0.3 is 0 Å². The van der Waals surface area contributed by atoms with E-state index < -0.39 is 0 Å². The van der Waals surface area contributed by atoms with E-state index >= 15 is 0 Å². The van der Waals surface area contributed by atoms with Crippen LogP contribution in [0.3, 0.4) is 0 Å². The SMILES string of the molecule is Cn1c(=O)c2ccccc2n2c(=S)n(CN3CCCC(c4nc(-c5cccc(F)c5)no4)C3)nc12. The van der Waals surface area contributed by atoms with Crippen molar-refractivity contribution in [3.05, 3.63) is 75.4 Å². The Kier molecular flexibility index (Phi) is 5.30. The molecule has 1 atom stereocenters. The predicted molar refractivity (Wildman–Crippen MR) is 130 cm³/mol. The molecule has 3 aromatic heterocycles. The van der Waals surface area contributed by atoms with Crippen molar-refractivity contribution in [2.24, 2.45) is 7.05 Å². The van der Waals surface area contributed by atoms with E-state index in [1.165, 1.54) is 16.7 Å². The summed E-state index contributed by atoms with van der Waals surface area (Å²) in [7, 11) is 1.71. The fourth-order valence-electron chi connectivity index (χ4n) is 4.76. The number of halogens is 1. The van der Waals surface area contributed by atoms with E-state index in [0.717, 1.165) is 24.9 Å². The third kappa shape index (κ3) is 3.76. The van der Waals surface area contributed by atoms with Crippen LogP contribution in [0, 0.1) is 10.6 Å². The van der Waals surface area contributed by atoms with Gasteiger partial charge in [-0.3, -0.25) is 18.7 Å². The molecule has 0 bridgehead atoms. The third-order valence-electron chi connectivity index (χ3n) is 6.52. The summed E-state index contributed by atoms with van der Waals surface area (Å²) in [4.78, 5) is 19.6. The van der Waals surface area contributed by atoms with Crippen LogP contribution in [0.15, 0.2) is 57.8 Å². The maximum Gasteiger partial charge on any atom is 0.262 e. The van der Waals surface area contributed by atoms with Crippen molar-refractivity contribution in [3.8, 4) is 11.4 Å². The van der Waals surface area contributed by atoms with Crippen LogP contribution in [0.1, 0.15) is 24.7 Å². The first kappa shape index (κ1) is 21.8. The molecule has 6 rings (SSSR count). The van der Waals surface area contributed by atoms with E-state index in [2.05, 4.69) is 20.1 Å². The minimum Gasteiger partial charge on any atom is -0.339 e. The lowest BCUT2D eigenvalue weighted by Gasteiger charge is -2.30. The molecule has 1 saturated heterocycles. The standard InChI is InChI=1S/C24H22FN7O2S/c1-29-22(33)18-9-2-3-10-19(18)32-23(29)27-31(24(32)35)14-30-11-5-7-16(13-30)21-26-20(28-34-21)15-6-4-8-17(25)12-15/h2-4,6,8-10,12,16H,5,7,11,13-14H2,1H3. The molecule has 0 saturated carbocycles. The van der Waals surface area contributed by atoms with Crippen LogP contribution in [0.2, 0.25) is 0 Å². The molecule has 1 aliphatic rings. The summed E-state index contributed by atoms with van der Waals surface area (Å²) >= 11 is 5.77. The molecular formula is C24H22FN7O2S. The molecule has 4 heterocycles. The fourth-order valence-corrected chi connectivity index (χ4v) is 5.04. The first-order chi connectivity index (χ1) is 17.0. The van der Waals surface area contributed by atoms with E-state index in [1.807, 2.05) is 22.6 Å². The van der Waals surface area contributed by atoms with Gasteiger partial charge < -0.3 is 4.52 Å². The zero-order valence-electron chi connectivity index (χ0n) is 19.0. The van der Waals surface area contributed by atoms with Crippen LogP contribution in [0.4, 0.5) is 4.39 Å². The van der Waals surface area contributed by atoms with Crippen molar-refractivity contribution in [2.75, 3.05) is 13.1 Å². The fraction of sp³-hybridized carbons (Fsp3) is 0.292. The van der Waals surface area contributed by atoms with Gasteiger partial charge in [-0.25, -0.2) is 9.07 Å². The second kappa shape index (κ2) is 8.51. The van der Waals surface area contributed by atoms with Crippen LogP contribution in [0.25, 0.3) is 28.1 Å². The Hall–Kier alpha value is -3.70. The summed E-state index contributed by atoms with van der Waals surface area (Å²) in [6.45, 7) is 2.04. The first-order valence-corrected chi connectivity index (χ1v) is 11.8. The van der Waals surface area contributed by atoms with Gasteiger partial charge in [-0.2, -0.15) is 4.98 Å². The Morgan fingerprint density at radius 2 is 2.06 bits per heavy atom. The largest absolute Gasteiger partial charge is 0.339 e. The van der Waals surface area contributed by atoms with Crippen LogP contribution < -0.4 is 5.56 Å². The molecule has 11 heteroatoms. The molecule has 9 nitrogen and oxygen atoms in total. The number of hydrogen-bond donors (Lipinski definition) is 0. The van der Waals surface area contributed by atoms with Gasteiger partial charge in [0.05, 0.1) is 23.5 Å². The molecule has 1 fully saturated rings. The van der Waals surface area contributed by atoms with E-state index in [-0.39, 0.29) is 17.3 Å².